The van der Waals surface area contributed by atoms with Crippen LogP contribution in [-0.4, -0.2) is 19.6 Å². The van der Waals surface area contributed by atoms with E-state index in [-0.39, 0.29) is 22.4 Å². The highest BCUT2D eigenvalue weighted by atomic mass is 16.3. The van der Waals surface area contributed by atoms with E-state index in [1.807, 2.05) is 120 Å². The van der Waals surface area contributed by atoms with Crippen molar-refractivity contribution >= 4 is 11.0 Å². The summed E-state index contributed by atoms with van der Waals surface area (Å²) in [6, 6.07) is 25.6. The van der Waals surface area contributed by atoms with Crippen LogP contribution < -0.4 is 0 Å². The summed E-state index contributed by atoms with van der Waals surface area (Å²) in [5, 5.41) is 11.9. The summed E-state index contributed by atoms with van der Waals surface area (Å²) in [5.41, 5.74) is 3.09. The first-order valence-corrected chi connectivity index (χ1v) is 21.1. The van der Waals surface area contributed by atoms with Gasteiger partial charge >= 0.3 is 0 Å². The maximum atomic E-state index is 11.9. The third-order valence-electron chi connectivity index (χ3n) is 11.5. The van der Waals surface area contributed by atoms with Crippen LogP contribution in [0.2, 0.25) is 0 Å². The lowest BCUT2D eigenvalue weighted by atomic mass is 9.80. The van der Waals surface area contributed by atoms with Crippen LogP contribution in [0, 0.1) is 13.8 Å². The van der Waals surface area contributed by atoms with E-state index in [0.29, 0.717) is 50.9 Å². The molecular formula is C59H63N3O. The zero-order chi connectivity index (χ0) is 58.8. The van der Waals surface area contributed by atoms with Gasteiger partial charge in [-0.1, -0.05) is 155 Å². The van der Waals surface area contributed by atoms with Crippen LogP contribution in [0.15, 0.2) is 133 Å². The Kier molecular flexibility index (Phi) is 7.10. The van der Waals surface area contributed by atoms with Crippen molar-refractivity contribution in [2.45, 2.75) is 112 Å². The maximum Gasteiger partial charge on any atom is 0.149 e. The first kappa shape index (κ1) is 27.7. The number of hydrogen-bond donors (Lipinski definition) is 1. The van der Waals surface area contributed by atoms with Crippen LogP contribution >= 0.6 is 0 Å². The van der Waals surface area contributed by atoms with Crippen molar-refractivity contribution in [3.8, 4) is 67.5 Å². The zero-order valence-corrected chi connectivity index (χ0v) is 37.5. The van der Waals surface area contributed by atoms with Gasteiger partial charge in [-0.2, -0.15) is 0 Å². The first-order valence-electron chi connectivity index (χ1n) is 29.1. The molecule has 0 spiro atoms. The van der Waals surface area contributed by atoms with Crippen LogP contribution in [-0.2, 0) is 16.2 Å². The molecule has 63 heavy (non-hydrogen) atoms. The molecule has 6 aromatic carbocycles. The van der Waals surface area contributed by atoms with Crippen LogP contribution in [0.3, 0.4) is 0 Å². The molecule has 0 aliphatic carbocycles. The van der Waals surface area contributed by atoms with E-state index < -0.39 is 90.4 Å². The predicted octanol–water partition coefficient (Wildman–Crippen LogP) is 16.1. The SMILES string of the molecule is [2H]c1cc(C(C([2H])([2H])[2H])(C([2H])([2H])[2H])C([2H])([2H])[2H])c([2H])c([2H])c1-c1c([2H])c([2H])nc(-c2cc(-c3cccc4c3nc(-c3cc(C)cc(C)c3O)n4-c3ccc(-c4ccccc4C(C)(C)C)c(C([2H])(C)C)c3)cc(C(C)(C)C)c2)c1[2H]. The van der Waals surface area contributed by atoms with Crippen molar-refractivity contribution in [2.75, 3.05) is 0 Å². The summed E-state index contributed by atoms with van der Waals surface area (Å²) >= 11 is 0. The number of pyridine rings is 1. The Bertz CT molecular complexity index is 3720. The molecule has 320 valence electrons. The van der Waals surface area contributed by atoms with Gasteiger partial charge in [-0.3, -0.25) is 9.55 Å². The van der Waals surface area contributed by atoms with Crippen LogP contribution in [0.25, 0.3) is 72.7 Å². The summed E-state index contributed by atoms with van der Waals surface area (Å²) in [7, 11) is 0. The van der Waals surface area contributed by atoms with Gasteiger partial charge in [-0.05, 0) is 146 Å². The number of phenols is 1. The second-order valence-corrected chi connectivity index (χ2v) is 18.8. The Labute approximate surface area is 398 Å². The first-order chi connectivity index (χ1) is 36.2. The van der Waals surface area contributed by atoms with E-state index in [2.05, 4.69) is 37.9 Å². The molecule has 0 saturated carbocycles. The molecule has 8 aromatic rings. The van der Waals surface area contributed by atoms with Gasteiger partial charge in [0.2, 0.25) is 0 Å². The fourth-order valence-electron chi connectivity index (χ4n) is 8.21. The molecule has 0 aliphatic heterocycles. The molecule has 2 aromatic heterocycles. The summed E-state index contributed by atoms with van der Waals surface area (Å²) < 4.78 is 141. The number of hydrogen-bond acceptors (Lipinski definition) is 3. The van der Waals surface area contributed by atoms with Gasteiger partial charge in [0, 0.05) is 36.7 Å². The van der Waals surface area contributed by atoms with Crippen LogP contribution in [0.5, 0.6) is 5.75 Å². The third kappa shape index (κ3) is 8.48. The topological polar surface area (TPSA) is 50.9 Å². The average molecular weight is 846 g/mol. The highest BCUT2D eigenvalue weighted by Gasteiger charge is 2.25. The molecule has 0 radical (unpaired) electrons. The van der Waals surface area contributed by atoms with E-state index in [0.717, 1.165) is 33.4 Å². The number of benzene rings is 6. The quantitative estimate of drug-likeness (QED) is 0.174. The smallest absolute Gasteiger partial charge is 0.149 e. The van der Waals surface area contributed by atoms with Gasteiger partial charge in [0.15, 0.2) is 0 Å². The van der Waals surface area contributed by atoms with Crippen molar-refractivity contribution < 1.29 is 27.0 Å². The average Bonchev–Trinajstić information content (AvgIpc) is 3.71. The zero-order valence-electron chi connectivity index (χ0n) is 53.5. The van der Waals surface area contributed by atoms with E-state index in [4.69, 9.17) is 24.2 Å². The van der Waals surface area contributed by atoms with Crippen molar-refractivity contribution in [1.82, 2.24) is 14.5 Å². The minimum atomic E-state index is -3.80. The molecule has 0 atom stereocenters. The molecule has 0 unspecified atom stereocenters. The summed E-state index contributed by atoms with van der Waals surface area (Å²) in [6.07, 6.45) is -0.679. The van der Waals surface area contributed by atoms with Crippen molar-refractivity contribution in [3.05, 3.63) is 167 Å². The molecule has 4 nitrogen and oxygen atoms in total. The summed E-state index contributed by atoms with van der Waals surface area (Å²) in [4.78, 5) is 9.79. The lowest BCUT2D eigenvalue weighted by molar-refractivity contribution is 0.472. The van der Waals surface area contributed by atoms with Gasteiger partial charge in [-0.15, -0.1) is 0 Å². The van der Waals surface area contributed by atoms with Crippen LogP contribution in [0.1, 0.15) is 137 Å². The second-order valence-electron chi connectivity index (χ2n) is 18.8. The molecule has 0 bridgehead atoms. The predicted molar refractivity (Wildman–Crippen MR) is 267 cm³/mol. The Morgan fingerprint density at radius 1 is 0.651 bits per heavy atom. The van der Waals surface area contributed by atoms with Crippen LogP contribution in [0.4, 0.5) is 0 Å². The number of rotatable bonds is 7. The minimum Gasteiger partial charge on any atom is -0.507 e. The fraction of sp³-hybridized carbons (Fsp3) is 0.288. The number of aromatic hydroxyl groups is 1. The third-order valence-corrected chi connectivity index (χ3v) is 11.5. The lowest BCUT2D eigenvalue weighted by Gasteiger charge is -2.25. The van der Waals surface area contributed by atoms with Crippen molar-refractivity contribution in [1.29, 1.82) is 0 Å². The van der Waals surface area contributed by atoms with Crippen molar-refractivity contribution in [2.24, 2.45) is 0 Å². The fourth-order valence-corrected chi connectivity index (χ4v) is 8.21. The molecular weight excluding hydrogens is 767 g/mol. The van der Waals surface area contributed by atoms with E-state index in [1.54, 1.807) is 12.1 Å². The number of aryl methyl sites for hydroxylation is 2. The minimum absolute atomic E-state index is 0.0383. The molecule has 2 heterocycles. The Morgan fingerprint density at radius 3 is 2.13 bits per heavy atom. The van der Waals surface area contributed by atoms with E-state index >= 15 is 0 Å². The second kappa shape index (κ2) is 16.1. The summed E-state index contributed by atoms with van der Waals surface area (Å²) in [5.74, 6) is -0.615. The molecule has 0 aliphatic rings. The van der Waals surface area contributed by atoms with Gasteiger partial charge in [0.1, 0.15) is 11.6 Å². The number of imidazole rings is 1. The number of fused-ring (bicyclic) bond motifs is 1. The van der Waals surface area contributed by atoms with Gasteiger partial charge < -0.3 is 5.11 Å². The maximum absolute atomic E-state index is 11.9. The molecule has 0 fully saturated rings. The highest BCUT2D eigenvalue weighted by Crippen LogP contribution is 2.43. The lowest BCUT2D eigenvalue weighted by Crippen LogP contribution is -2.13. The Balaban J connectivity index is 1.41. The van der Waals surface area contributed by atoms with E-state index in [9.17, 15) is 7.85 Å². The Morgan fingerprint density at radius 2 is 1.40 bits per heavy atom. The molecule has 4 heteroatoms. The molecule has 0 amide bonds. The number of nitrogens with zero attached hydrogens (tertiary/aromatic N) is 3. The molecule has 1 N–H and O–H groups in total. The monoisotopic (exact) mass is 846 g/mol. The summed E-state index contributed by atoms with van der Waals surface area (Å²) in [6.45, 7) is 8.52. The standard InChI is InChI=1S/C59H63N3O/c1-36(2)49-35-45(25-26-47(49)48-17-14-15-19-51(48)59(11,12)13)62-53-20-16-18-46(54(53)61-56(62)50-30-37(3)29-38(4)55(50)63)41-31-42(33-44(32-41)58(8,9)10)52-34-40(27-28-60-52)39-21-23-43(24-22-39)57(5,6)7/h14-36,63H,1-13H3/i5D3,6D3,7D3,21D,22D,23D,27D,28D,34D,36D. The largest absolute Gasteiger partial charge is 0.507 e. The highest BCUT2D eigenvalue weighted by molar-refractivity contribution is 5.97. The van der Waals surface area contributed by atoms with E-state index in [1.165, 1.54) is 0 Å². The number of aromatic nitrogens is 3. The van der Waals surface area contributed by atoms with Gasteiger partial charge in [-0.25, -0.2) is 4.98 Å². The van der Waals surface area contributed by atoms with Crippen molar-refractivity contribution in [3.63, 3.8) is 0 Å². The molecule has 0 saturated heterocycles. The van der Waals surface area contributed by atoms with Gasteiger partial charge in [0.05, 0.1) is 30.5 Å². The Hall–Kier alpha value is -6.26. The number of para-hydroxylation sites is 1. The number of phenolic OH excluding ortho intramolecular Hbond substituents is 1. The molecule has 8 rings (SSSR count). The normalized spacial score (nSPS) is 16.9. The van der Waals surface area contributed by atoms with Gasteiger partial charge in [0.25, 0.3) is 0 Å².